The SMILES string of the molecule is CCNC(=NCc1cc(OC)c(O)c(OC)c1)N(C)Cc1ccc(Cl)s1. The Bertz CT molecular complexity index is 739. The lowest BCUT2D eigenvalue weighted by molar-refractivity contribution is 0.339. The fraction of sp³-hybridized carbons (Fsp3) is 0.389. The van der Waals surface area contributed by atoms with Crippen molar-refractivity contribution < 1.29 is 14.6 Å². The van der Waals surface area contributed by atoms with Gasteiger partial charge in [0.05, 0.1) is 31.6 Å². The number of phenolic OH excluding ortho intramolecular Hbond substituents is 1. The van der Waals surface area contributed by atoms with Crippen molar-refractivity contribution in [2.75, 3.05) is 27.8 Å². The third-order valence-electron chi connectivity index (χ3n) is 3.67. The molecule has 8 heteroatoms. The summed E-state index contributed by atoms with van der Waals surface area (Å²) in [5.41, 5.74) is 0.875. The molecule has 0 aliphatic heterocycles. The van der Waals surface area contributed by atoms with Gasteiger partial charge in [-0.1, -0.05) is 11.6 Å². The predicted octanol–water partition coefficient (Wildman–Crippen LogP) is 3.72. The molecule has 0 radical (unpaired) electrons. The van der Waals surface area contributed by atoms with E-state index in [-0.39, 0.29) is 5.75 Å². The molecule has 2 rings (SSSR count). The number of methoxy groups -OCH3 is 2. The molecule has 0 aliphatic rings. The summed E-state index contributed by atoms with van der Waals surface area (Å²) in [6.07, 6.45) is 0. The quantitative estimate of drug-likeness (QED) is 0.550. The Balaban J connectivity index is 2.17. The molecule has 0 amide bonds. The van der Waals surface area contributed by atoms with E-state index in [9.17, 15) is 5.11 Å². The minimum atomic E-state index is -0.0127. The smallest absolute Gasteiger partial charge is 0.200 e. The second-order valence-electron chi connectivity index (χ2n) is 5.58. The Kier molecular flexibility index (Phi) is 7.41. The van der Waals surface area contributed by atoms with Crippen LogP contribution in [0.4, 0.5) is 0 Å². The fourth-order valence-corrected chi connectivity index (χ4v) is 3.56. The molecule has 1 aromatic heterocycles. The number of thiophene rings is 1. The van der Waals surface area contributed by atoms with Gasteiger partial charge in [-0.2, -0.15) is 0 Å². The molecular formula is C18H24ClN3O3S. The van der Waals surface area contributed by atoms with Crippen LogP contribution >= 0.6 is 22.9 Å². The predicted molar refractivity (Wildman–Crippen MR) is 107 cm³/mol. The molecule has 1 aromatic carbocycles. The van der Waals surface area contributed by atoms with Crippen molar-refractivity contribution in [3.05, 3.63) is 39.0 Å². The van der Waals surface area contributed by atoms with E-state index in [0.29, 0.717) is 24.6 Å². The Hall–Kier alpha value is -2.12. The first kappa shape index (κ1) is 20.2. The molecule has 0 spiro atoms. The lowest BCUT2D eigenvalue weighted by Crippen LogP contribution is -2.38. The third-order valence-corrected chi connectivity index (χ3v) is 4.89. The summed E-state index contributed by atoms with van der Waals surface area (Å²) >= 11 is 7.56. The van der Waals surface area contributed by atoms with Crippen LogP contribution in [0, 0.1) is 0 Å². The number of rotatable bonds is 7. The second-order valence-corrected chi connectivity index (χ2v) is 7.38. The van der Waals surface area contributed by atoms with Crippen LogP contribution < -0.4 is 14.8 Å². The minimum absolute atomic E-state index is 0.0127. The van der Waals surface area contributed by atoms with Gasteiger partial charge in [0.2, 0.25) is 5.75 Å². The Morgan fingerprint density at radius 1 is 1.27 bits per heavy atom. The topological polar surface area (TPSA) is 66.3 Å². The van der Waals surface area contributed by atoms with Crippen molar-refractivity contribution in [2.24, 2.45) is 4.99 Å². The normalized spacial score (nSPS) is 11.3. The van der Waals surface area contributed by atoms with Crippen LogP contribution in [0.15, 0.2) is 29.3 Å². The Morgan fingerprint density at radius 3 is 2.42 bits per heavy atom. The first-order valence-electron chi connectivity index (χ1n) is 8.16. The monoisotopic (exact) mass is 397 g/mol. The number of phenols is 1. The van der Waals surface area contributed by atoms with E-state index >= 15 is 0 Å². The molecule has 2 N–H and O–H groups in total. The standard InChI is InChI=1S/C18H24ClN3O3S/c1-5-20-18(22(2)11-13-6-7-16(19)26-13)21-10-12-8-14(24-3)17(23)15(9-12)25-4/h6-9,23H,5,10-11H2,1-4H3,(H,20,21). The van der Waals surface area contributed by atoms with E-state index in [1.54, 1.807) is 23.5 Å². The van der Waals surface area contributed by atoms with Gasteiger partial charge in [0.1, 0.15) is 0 Å². The van der Waals surface area contributed by atoms with Gasteiger partial charge in [-0.3, -0.25) is 0 Å². The first-order chi connectivity index (χ1) is 12.5. The molecule has 0 saturated carbocycles. The van der Waals surface area contributed by atoms with E-state index in [2.05, 4.69) is 10.3 Å². The van der Waals surface area contributed by atoms with Crippen LogP contribution in [0.25, 0.3) is 0 Å². The molecule has 0 saturated heterocycles. The molecule has 0 unspecified atom stereocenters. The fourth-order valence-electron chi connectivity index (χ4n) is 2.42. The van der Waals surface area contributed by atoms with Crippen molar-refractivity contribution in [1.82, 2.24) is 10.2 Å². The molecule has 0 atom stereocenters. The Morgan fingerprint density at radius 2 is 1.92 bits per heavy atom. The Labute approximate surface area is 163 Å². The third kappa shape index (κ3) is 5.19. The van der Waals surface area contributed by atoms with Gasteiger partial charge in [0.15, 0.2) is 17.5 Å². The highest BCUT2D eigenvalue weighted by Crippen LogP contribution is 2.37. The summed E-state index contributed by atoms with van der Waals surface area (Å²) in [7, 11) is 4.99. The number of halogens is 1. The van der Waals surface area contributed by atoms with Gasteiger partial charge >= 0.3 is 0 Å². The van der Waals surface area contributed by atoms with Gasteiger partial charge in [-0.15, -0.1) is 11.3 Å². The van der Waals surface area contributed by atoms with Crippen molar-refractivity contribution >= 4 is 28.9 Å². The first-order valence-corrected chi connectivity index (χ1v) is 9.35. The number of nitrogens with one attached hydrogen (secondary N) is 1. The molecule has 0 aliphatic carbocycles. The summed E-state index contributed by atoms with van der Waals surface area (Å²) in [5, 5.41) is 13.3. The summed E-state index contributed by atoms with van der Waals surface area (Å²) in [5.74, 6) is 1.49. The molecule has 142 valence electrons. The number of aromatic hydroxyl groups is 1. The lowest BCUT2D eigenvalue weighted by Gasteiger charge is -2.21. The summed E-state index contributed by atoms with van der Waals surface area (Å²) in [6.45, 7) is 3.92. The summed E-state index contributed by atoms with van der Waals surface area (Å²) in [4.78, 5) is 7.88. The number of nitrogens with zero attached hydrogens (tertiary/aromatic N) is 2. The van der Waals surface area contributed by atoms with E-state index < -0.39 is 0 Å². The minimum Gasteiger partial charge on any atom is -0.502 e. The van der Waals surface area contributed by atoms with Crippen LogP contribution in [0.3, 0.4) is 0 Å². The van der Waals surface area contributed by atoms with Crippen LogP contribution in [0.2, 0.25) is 4.34 Å². The number of aliphatic imine (C=N–C) groups is 1. The number of guanidine groups is 1. The second kappa shape index (κ2) is 9.54. The number of hydrogen-bond acceptors (Lipinski definition) is 5. The maximum atomic E-state index is 10.0. The molecule has 2 aromatic rings. The summed E-state index contributed by atoms with van der Waals surface area (Å²) in [6, 6.07) is 7.42. The largest absolute Gasteiger partial charge is 0.502 e. The average Bonchev–Trinajstić information content (AvgIpc) is 3.04. The van der Waals surface area contributed by atoms with Crippen LogP contribution in [-0.2, 0) is 13.1 Å². The van der Waals surface area contributed by atoms with Crippen molar-refractivity contribution in [2.45, 2.75) is 20.0 Å². The van der Waals surface area contributed by atoms with E-state index in [0.717, 1.165) is 27.3 Å². The zero-order valence-corrected chi connectivity index (χ0v) is 16.9. The van der Waals surface area contributed by atoms with Gasteiger partial charge in [0, 0.05) is 18.5 Å². The van der Waals surface area contributed by atoms with Crippen LogP contribution in [0.1, 0.15) is 17.4 Å². The molecule has 1 heterocycles. The maximum absolute atomic E-state index is 10.0. The number of hydrogen-bond donors (Lipinski definition) is 2. The van der Waals surface area contributed by atoms with E-state index in [1.807, 2.05) is 31.0 Å². The summed E-state index contributed by atoms with van der Waals surface area (Å²) < 4.78 is 11.2. The van der Waals surface area contributed by atoms with E-state index in [4.69, 9.17) is 21.1 Å². The average molecular weight is 398 g/mol. The maximum Gasteiger partial charge on any atom is 0.200 e. The molecular weight excluding hydrogens is 374 g/mol. The van der Waals surface area contributed by atoms with Crippen LogP contribution in [-0.4, -0.2) is 43.8 Å². The zero-order chi connectivity index (χ0) is 19.1. The lowest BCUT2D eigenvalue weighted by atomic mass is 10.2. The highest BCUT2D eigenvalue weighted by Gasteiger charge is 2.12. The number of benzene rings is 1. The van der Waals surface area contributed by atoms with Gasteiger partial charge in [0.25, 0.3) is 0 Å². The van der Waals surface area contributed by atoms with E-state index in [1.165, 1.54) is 14.2 Å². The number of ether oxygens (including phenoxy) is 2. The highest BCUT2D eigenvalue weighted by molar-refractivity contribution is 7.16. The molecule has 0 bridgehead atoms. The van der Waals surface area contributed by atoms with Crippen molar-refractivity contribution in [3.63, 3.8) is 0 Å². The molecule has 6 nitrogen and oxygen atoms in total. The molecule has 0 fully saturated rings. The van der Waals surface area contributed by atoms with Crippen LogP contribution in [0.5, 0.6) is 17.2 Å². The van der Waals surface area contributed by atoms with Crippen molar-refractivity contribution in [1.29, 1.82) is 0 Å². The molecule has 26 heavy (non-hydrogen) atoms. The van der Waals surface area contributed by atoms with Gasteiger partial charge in [-0.05, 0) is 36.8 Å². The van der Waals surface area contributed by atoms with Crippen molar-refractivity contribution in [3.8, 4) is 17.2 Å². The highest BCUT2D eigenvalue weighted by atomic mass is 35.5. The van der Waals surface area contributed by atoms with Gasteiger partial charge in [-0.25, -0.2) is 4.99 Å². The zero-order valence-electron chi connectivity index (χ0n) is 15.4. The van der Waals surface area contributed by atoms with Gasteiger partial charge < -0.3 is 24.8 Å².